The molecule has 1 aliphatic rings. The van der Waals surface area contributed by atoms with E-state index in [-0.39, 0.29) is 5.91 Å². The van der Waals surface area contributed by atoms with Crippen molar-refractivity contribution in [2.24, 2.45) is 0 Å². The predicted molar refractivity (Wildman–Crippen MR) is 83.5 cm³/mol. The summed E-state index contributed by atoms with van der Waals surface area (Å²) in [5.74, 6) is -0.0405. The standard InChI is InChI=1S/C14H16BrCl2NO/c15-8-3-9-18(10-4-1-5-10)14(19)13-11(16)6-2-7-12(13)17/h2,6-7,10H,1,3-5,8-9H2. The van der Waals surface area contributed by atoms with Crippen LogP contribution in [0.4, 0.5) is 0 Å². The molecule has 0 aliphatic heterocycles. The molecule has 0 N–H and O–H groups in total. The minimum atomic E-state index is -0.0405. The third-order valence-electron chi connectivity index (χ3n) is 3.49. The number of hydrogen-bond donors (Lipinski definition) is 0. The monoisotopic (exact) mass is 363 g/mol. The fourth-order valence-corrected chi connectivity index (χ4v) is 3.03. The maximum atomic E-state index is 12.7. The molecular formula is C14H16BrCl2NO. The number of benzene rings is 1. The molecule has 0 bridgehead atoms. The van der Waals surface area contributed by atoms with E-state index < -0.39 is 0 Å². The van der Waals surface area contributed by atoms with E-state index in [1.165, 1.54) is 6.42 Å². The first-order chi connectivity index (χ1) is 9.15. The Hall–Kier alpha value is -0.250. The van der Waals surface area contributed by atoms with E-state index in [2.05, 4.69) is 15.9 Å². The molecule has 19 heavy (non-hydrogen) atoms. The summed E-state index contributed by atoms with van der Waals surface area (Å²) in [6.45, 7) is 0.746. The second-order valence-corrected chi connectivity index (χ2v) is 6.33. The van der Waals surface area contributed by atoms with Crippen LogP contribution in [0.15, 0.2) is 18.2 Å². The lowest BCUT2D eigenvalue weighted by Gasteiger charge is -2.38. The minimum Gasteiger partial charge on any atom is -0.336 e. The summed E-state index contributed by atoms with van der Waals surface area (Å²) >= 11 is 15.7. The van der Waals surface area contributed by atoms with Crippen molar-refractivity contribution >= 4 is 45.0 Å². The van der Waals surface area contributed by atoms with Gasteiger partial charge in [0.1, 0.15) is 0 Å². The van der Waals surface area contributed by atoms with Gasteiger partial charge in [0.15, 0.2) is 0 Å². The highest BCUT2D eigenvalue weighted by Gasteiger charge is 2.30. The molecule has 1 aliphatic carbocycles. The smallest absolute Gasteiger partial charge is 0.257 e. The zero-order chi connectivity index (χ0) is 13.8. The van der Waals surface area contributed by atoms with Crippen LogP contribution in [0.3, 0.4) is 0 Å². The Morgan fingerprint density at radius 2 is 1.95 bits per heavy atom. The summed E-state index contributed by atoms with van der Waals surface area (Å²) in [5.41, 5.74) is 0.437. The number of carbonyl (C=O) groups excluding carboxylic acids is 1. The molecule has 1 aromatic rings. The van der Waals surface area contributed by atoms with Crippen LogP contribution in [0.25, 0.3) is 0 Å². The summed E-state index contributed by atoms with van der Waals surface area (Å²) < 4.78 is 0. The van der Waals surface area contributed by atoms with Crippen molar-refractivity contribution in [3.63, 3.8) is 0 Å². The first-order valence-electron chi connectivity index (χ1n) is 6.46. The van der Waals surface area contributed by atoms with E-state index in [1.807, 2.05) is 4.90 Å². The van der Waals surface area contributed by atoms with E-state index in [1.54, 1.807) is 18.2 Å². The van der Waals surface area contributed by atoms with Crippen molar-refractivity contribution in [2.75, 3.05) is 11.9 Å². The van der Waals surface area contributed by atoms with Gasteiger partial charge in [-0.25, -0.2) is 0 Å². The lowest BCUT2D eigenvalue weighted by Crippen LogP contribution is -2.45. The second kappa shape index (κ2) is 6.96. The number of nitrogens with zero attached hydrogens (tertiary/aromatic N) is 1. The van der Waals surface area contributed by atoms with E-state index in [0.29, 0.717) is 21.7 Å². The summed E-state index contributed by atoms with van der Waals surface area (Å²) in [5, 5.41) is 1.75. The van der Waals surface area contributed by atoms with Crippen LogP contribution >= 0.6 is 39.1 Å². The molecule has 0 heterocycles. The topological polar surface area (TPSA) is 20.3 Å². The highest BCUT2D eigenvalue weighted by atomic mass is 79.9. The number of carbonyl (C=O) groups is 1. The van der Waals surface area contributed by atoms with Crippen LogP contribution in [-0.2, 0) is 0 Å². The lowest BCUT2D eigenvalue weighted by molar-refractivity contribution is 0.0581. The fraction of sp³-hybridized carbons (Fsp3) is 0.500. The molecule has 2 rings (SSSR count). The average Bonchev–Trinajstić information content (AvgIpc) is 2.31. The SMILES string of the molecule is O=C(c1c(Cl)cccc1Cl)N(CCCBr)C1CCC1. The molecule has 2 nitrogen and oxygen atoms in total. The molecule has 104 valence electrons. The van der Waals surface area contributed by atoms with E-state index in [0.717, 1.165) is 31.1 Å². The number of halogens is 3. The normalized spacial score (nSPS) is 15.1. The van der Waals surface area contributed by atoms with Gasteiger partial charge < -0.3 is 4.90 Å². The Balaban J connectivity index is 2.22. The summed E-state index contributed by atoms with van der Waals surface area (Å²) in [6.07, 6.45) is 4.29. The van der Waals surface area contributed by atoms with Gasteiger partial charge in [0.2, 0.25) is 0 Å². The number of rotatable bonds is 5. The van der Waals surface area contributed by atoms with Gasteiger partial charge in [-0.15, -0.1) is 0 Å². The molecule has 0 spiro atoms. The Kier molecular flexibility index (Phi) is 5.55. The van der Waals surface area contributed by atoms with Crippen molar-refractivity contribution in [2.45, 2.75) is 31.7 Å². The van der Waals surface area contributed by atoms with Crippen LogP contribution in [0.5, 0.6) is 0 Å². The maximum Gasteiger partial charge on any atom is 0.257 e. The van der Waals surface area contributed by atoms with Crippen molar-refractivity contribution in [3.05, 3.63) is 33.8 Å². The van der Waals surface area contributed by atoms with Crippen LogP contribution in [0, 0.1) is 0 Å². The Morgan fingerprint density at radius 3 is 2.42 bits per heavy atom. The van der Waals surface area contributed by atoms with Crippen molar-refractivity contribution in [1.82, 2.24) is 4.90 Å². The predicted octanol–water partition coefficient (Wildman–Crippen LogP) is 4.77. The van der Waals surface area contributed by atoms with Gasteiger partial charge in [-0.2, -0.15) is 0 Å². The van der Waals surface area contributed by atoms with E-state index in [4.69, 9.17) is 23.2 Å². The van der Waals surface area contributed by atoms with Gasteiger partial charge in [0.25, 0.3) is 5.91 Å². The fourth-order valence-electron chi connectivity index (χ4n) is 2.22. The molecule has 0 saturated heterocycles. The number of hydrogen-bond acceptors (Lipinski definition) is 1. The van der Waals surface area contributed by atoms with Gasteiger partial charge in [-0.05, 0) is 37.8 Å². The van der Waals surface area contributed by atoms with Gasteiger partial charge in [-0.1, -0.05) is 45.2 Å². The van der Waals surface area contributed by atoms with Crippen molar-refractivity contribution < 1.29 is 4.79 Å². The minimum absolute atomic E-state index is 0.0405. The van der Waals surface area contributed by atoms with Gasteiger partial charge in [-0.3, -0.25) is 4.79 Å². The highest BCUT2D eigenvalue weighted by Crippen LogP contribution is 2.31. The molecular weight excluding hydrogens is 349 g/mol. The Bertz CT molecular complexity index is 443. The molecule has 1 saturated carbocycles. The zero-order valence-corrected chi connectivity index (χ0v) is 13.6. The third kappa shape index (κ3) is 3.45. The van der Waals surface area contributed by atoms with Crippen LogP contribution in [0.2, 0.25) is 10.0 Å². The lowest BCUT2D eigenvalue weighted by atomic mass is 9.91. The maximum absolute atomic E-state index is 12.7. The first-order valence-corrected chi connectivity index (χ1v) is 8.34. The van der Waals surface area contributed by atoms with E-state index >= 15 is 0 Å². The quantitative estimate of drug-likeness (QED) is 0.689. The summed E-state index contributed by atoms with van der Waals surface area (Å²) in [4.78, 5) is 14.6. The number of amides is 1. The molecule has 0 aromatic heterocycles. The Labute approximate surface area is 132 Å². The van der Waals surface area contributed by atoms with Crippen molar-refractivity contribution in [1.29, 1.82) is 0 Å². The molecule has 0 atom stereocenters. The molecule has 5 heteroatoms. The largest absolute Gasteiger partial charge is 0.336 e. The van der Waals surface area contributed by atoms with Crippen molar-refractivity contribution in [3.8, 4) is 0 Å². The Morgan fingerprint density at radius 1 is 1.32 bits per heavy atom. The molecule has 1 amide bonds. The first kappa shape index (κ1) is 15.1. The van der Waals surface area contributed by atoms with Crippen LogP contribution < -0.4 is 0 Å². The summed E-state index contributed by atoms with van der Waals surface area (Å²) in [7, 11) is 0. The summed E-state index contributed by atoms with van der Waals surface area (Å²) in [6, 6.07) is 5.53. The average molecular weight is 365 g/mol. The third-order valence-corrected chi connectivity index (χ3v) is 4.68. The van der Waals surface area contributed by atoms with Gasteiger partial charge in [0.05, 0.1) is 15.6 Å². The molecule has 0 radical (unpaired) electrons. The highest BCUT2D eigenvalue weighted by molar-refractivity contribution is 9.09. The molecule has 1 fully saturated rings. The zero-order valence-electron chi connectivity index (χ0n) is 10.5. The van der Waals surface area contributed by atoms with Gasteiger partial charge >= 0.3 is 0 Å². The second-order valence-electron chi connectivity index (χ2n) is 4.72. The van der Waals surface area contributed by atoms with Gasteiger partial charge in [0, 0.05) is 17.9 Å². The molecule has 0 unspecified atom stereocenters. The van der Waals surface area contributed by atoms with E-state index in [9.17, 15) is 4.79 Å². The van der Waals surface area contributed by atoms with Crippen LogP contribution in [-0.4, -0.2) is 28.7 Å². The number of alkyl halides is 1. The van der Waals surface area contributed by atoms with Crippen LogP contribution in [0.1, 0.15) is 36.0 Å². The molecule has 1 aromatic carbocycles.